The topological polar surface area (TPSA) is 55.1 Å². The van der Waals surface area contributed by atoms with E-state index in [0.29, 0.717) is 12.5 Å². The third kappa shape index (κ3) is 5.17. The molecule has 1 rings (SSSR count). The number of amides is 1. The zero-order valence-electron chi connectivity index (χ0n) is 9.96. The molecule has 1 aliphatic rings. The average molecular weight is 212 g/mol. The lowest BCUT2D eigenvalue weighted by molar-refractivity contribution is -0.121. The number of rotatable bonds is 7. The SMILES string of the molecule is CCCC1CC1NC(=O)CCCC(C)N. The normalized spacial score (nSPS) is 26.1. The maximum atomic E-state index is 11.5. The van der Waals surface area contributed by atoms with Crippen LogP contribution in [0.1, 0.15) is 52.4 Å². The van der Waals surface area contributed by atoms with Gasteiger partial charge in [0.2, 0.25) is 5.91 Å². The number of hydrogen-bond donors (Lipinski definition) is 2. The molecule has 0 aromatic heterocycles. The molecule has 3 heteroatoms. The Morgan fingerprint density at radius 1 is 1.60 bits per heavy atom. The van der Waals surface area contributed by atoms with Crippen molar-refractivity contribution in [2.75, 3.05) is 0 Å². The maximum Gasteiger partial charge on any atom is 0.220 e. The lowest BCUT2D eigenvalue weighted by atomic mass is 10.1. The van der Waals surface area contributed by atoms with Crippen molar-refractivity contribution in [2.24, 2.45) is 11.7 Å². The molecule has 0 radical (unpaired) electrons. The zero-order chi connectivity index (χ0) is 11.3. The molecule has 0 saturated heterocycles. The molecular formula is C12H24N2O. The highest BCUT2D eigenvalue weighted by Crippen LogP contribution is 2.34. The van der Waals surface area contributed by atoms with Gasteiger partial charge in [-0.05, 0) is 38.5 Å². The summed E-state index contributed by atoms with van der Waals surface area (Å²) in [6.07, 6.45) is 6.15. The van der Waals surface area contributed by atoms with Crippen LogP contribution in [0.5, 0.6) is 0 Å². The zero-order valence-corrected chi connectivity index (χ0v) is 9.96. The molecule has 1 aliphatic carbocycles. The van der Waals surface area contributed by atoms with E-state index in [1.807, 2.05) is 6.92 Å². The van der Waals surface area contributed by atoms with Crippen LogP contribution in [0.3, 0.4) is 0 Å². The molecule has 0 bridgehead atoms. The first-order valence-corrected chi connectivity index (χ1v) is 6.18. The minimum atomic E-state index is 0.208. The van der Waals surface area contributed by atoms with E-state index in [1.54, 1.807) is 0 Å². The minimum Gasteiger partial charge on any atom is -0.353 e. The van der Waals surface area contributed by atoms with Gasteiger partial charge in [0.25, 0.3) is 0 Å². The molecule has 0 aromatic rings. The molecule has 3 nitrogen and oxygen atoms in total. The summed E-state index contributed by atoms with van der Waals surface area (Å²) >= 11 is 0. The number of hydrogen-bond acceptors (Lipinski definition) is 2. The van der Waals surface area contributed by atoms with Crippen LogP contribution >= 0.6 is 0 Å². The standard InChI is InChI=1S/C12H24N2O/c1-3-5-10-8-11(10)14-12(15)7-4-6-9(2)13/h9-11H,3-8,13H2,1-2H3,(H,14,15). The first-order valence-electron chi connectivity index (χ1n) is 6.18. The van der Waals surface area contributed by atoms with Crippen LogP contribution in [0.2, 0.25) is 0 Å². The molecule has 3 atom stereocenters. The Morgan fingerprint density at radius 3 is 2.93 bits per heavy atom. The van der Waals surface area contributed by atoms with Crippen molar-refractivity contribution in [1.29, 1.82) is 0 Å². The molecule has 0 heterocycles. The Labute approximate surface area is 92.8 Å². The fourth-order valence-corrected chi connectivity index (χ4v) is 1.98. The van der Waals surface area contributed by atoms with Crippen LogP contribution in [0.15, 0.2) is 0 Å². The number of nitrogens with one attached hydrogen (secondary N) is 1. The van der Waals surface area contributed by atoms with E-state index < -0.39 is 0 Å². The van der Waals surface area contributed by atoms with Crippen molar-refractivity contribution in [1.82, 2.24) is 5.32 Å². The van der Waals surface area contributed by atoms with E-state index in [9.17, 15) is 4.79 Å². The average Bonchev–Trinajstić information content (AvgIpc) is 2.83. The van der Waals surface area contributed by atoms with Gasteiger partial charge in [0.15, 0.2) is 0 Å². The Bertz CT molecular complexity index is 204. The Hall–Kier alpha value is -0.570. The highest BCUT2D eigenvalue weighted by Gasteiger charge is 2.36. The third-order valence-corrected chi connectivity index (χ3v) is 2.99. The third-order valence-electron chi connectivity index (χ3n) is 2.99. The number of carbonyl (C=O) groups excluding carboxylic acids is 1. The summed E-state index contributed by atoms with van der Waals surface area (Å²) in [7, 11) is 0. The van der Waals surface area contributed by atoms with E-state index in [2.05, 4.69) is 12.2 Å². The largest absolute Gasteiger partial charge is 0.353 e. The fraction of sp³-hybridized carbons (Fsp3) is 0.917. The Kier molecular flexibility index (Phi) is 5.09. The molecule has 1 fully saturated rings. The maximum absolute atomic E-state index is 11.5. The Morgan fingerprint density at radius 2 is 2.33 bits per heavy atom. The summed E-state index contributed by atoms with van der Waals surface area (Å²) in [5, 5.41) is 3.08. The Balaban J connectivity index is 2.00. The quantitative estimate of drug-likeness (QED) is 0.676. The van der Waals surface area contributed by atoms with Crippen LogP contribution in [-0.2, 0) is 4.79 Å². The van der Waals surface area contributed by atoms with Gasteiger partial charge in [-0.25, -0.2) is 0 Å². The first-order chi connectivity index (χ1) is 7.13. The van der Waals surface area contributed by atoms with Crippen LogP contribution < -0.4 is 11.1 Å². The van der Waals surface area contributed by atoms with Crippen molar-refractivity contribution in [3.05, 3.63) is 0 Å². The molecule has 3 unspecified atom stereocenters. The van der Waals surface area contributed by atoms with Crippen molar-refractivity contribution in [3.8, 4) is 0 Å². The summed E-state index contributed by atoms with van der Waals surface area (Å²) < 4.78 is 0. The molecule has 1 saturated carbocycles. The van der Waals surface area contributed by atoms with Gasteiger partial charge >= 0.3 is 0 Å². The van der Waals surface area contributed by atoms with Crippen molar-refractivity contribution in [3.63, 3.8) is 0 Å². The highest BCUT2D eigenvalue weighted by molar-refractivity contribution is 5.76. The van der Waals surface area contributed by atoms with E-state index in [1.165, 1.54) is 19.3 Å². The lowest BCUT2D eigenvalue weighted by Crippen LogP contribution is -2.27. The van der Waals surface area contributed by atoms with Gasteiger partial charge in [0.1, 0.15) is 0 Å². The van der Waals surface area contributed by atoms with Gasteiger partial charge in [-0.3, -0.25) is 4.79 Å². The summed E-state index contributed by atoms with van der Waals surface area (Å²) in [6, 6.07) is 0.694. The van der Waals surface area contributed by atoms with Crippen molar-refractivity contribution in [2.45, 2.75) is 64.5 Å². The van der Waals surface area contributed by atoms with Gasteiger partial charge in [-0.15, -0.1) is 0 Å². The molecule has 15 heavy (non-hydrogen) atoms. The molecule has 0 aliphatic heterocycles. The van der Waals surface area contributed by atoms with E-state index in [-0.39, 0.29) is 11.9 Å². The van der Waals surface area contributed by atoms with Crippen molar-refractivity contribution < 1.29 is 4.79 Å². The number of nitrogens with two attached hydrogens (primary N) is 1. The molecular weight excluding hydrogens is 188 g/mol. The molecule has 0 spiro atoms. The van der Waals surface area contributed by atoms with Gasteiger partial charge in [-0.2, -0.15) is 0 Å². The summed E-state index contributed by atoms with van der Waals surface area (Å²) in [6.45, 7) is 4.18. The van der Waals surface area contributed by atoms with E-state index in [0.717, 1.165) is 18.8 Å². The molecule has 3 N–H and O–H groups in total. The molecule has 88 valence electrons. The smallest absolute Gasteiger partial charge is 0.220 e. The van der Waals surface area contributed by atoms with E-state index >= 15 is 0 Å². The van der Waals surface area contributed by atoms with Crippen LogP contribution in [0.25, 0.3) is 0 Å². The van der Waals surface area contributed by atoms with Gasteiger partial charge < -0.3 is 11.1 Å². The van der Waals surface area contributed by atoms with Crippen LogP contribution in [-0.4, -0.2) is 18.0 Å². The second kappa shape index (κ2) is 6.11. The monoisotopic (exact) mass is 212 g/mol. The lowest BCUT2D eigenvalue weighted by Gasteiger charge is -2.06. The van der Waals surface area contributed by atoms with Gasteiger partial charge in [0.05, 0.1) is 0 Å². The second-order valence-corrected chi connectivity index (χ2v) is 4.83. The van der Waals surface area contributed by atoms with Gasteiger partial charge in [0, 0.05) is 18.5 Å². The van der Waals surface area contributed by atoms with Crippen molar-refractivity contribution >= 4 is 5.91 Å². The summed E-state index contributed by atoms with van der Waals surface area (Å²) in [4.78, 5) is 11.5. The predicted octanol–water partition coefficient (Wildman–Crippen LogP) is 1.81. The first kappa shape index (κ1) is 12.5. The highest BCUT2D eigenvalue weighted by atomic mass is 16.1. The van der Waals surface area contributed by atoms with Crippen LogP contribution in [0, 0.1) is 5.92 Å². The number of carbonyl (C=O) groups is 1. The molecule has 1 amide bonds. The van der Waals surface area contributed by atoms with E-state index in [4.69, 9.17) is 5.73 Å². The van der Waals surface area contributed by atoms with Crippen LogP contribution in [0.4, 0.5) is 0 Å². The summed E-state index contributed by atoms with van der Waals surface area (Å²) in [5.41, 5.74) is 5.62. The predicted molar refractivity (Wildman–Crippen MR) is 62.4 cm³/mol. The fourth-order valence-electron chi connectivity index (χ4n) is 1.98. The second-order valence-electron chi connectivity index (χ2n) is 4.83. The summed E-state index contributed by atoms with van der Waals surface area (Å²) in [5.74, 6) is 0.964. The van der Waals surface area contributed by atoms with Gasteiger partial charge in [-0.1, -0.05) is 13.3 Å². The molecule has 0 aromatic carbocycles. The minimum absolute atomic E-state index is 0.208.